The number of nitrogen functional groups attached to an aromatic ring is 1. The fourth-order valence-electron chi connectivity index (χ4n) is 2.12. The van der Waals surface area contributed by atoms with Crippen LogP contribution >= 0.6 is 0 Å². The summed E-state index contributed by atoms with van der Waals surface area (Å²) in [4.78, 5) is 17.9. The van der Waals surface area contributed by atoms with Gasteiger partial charge in [-0.15, -0.1) is 0 Å². The second-order valence-electron chi connectivity index (χ2n) is 4.28. The first-order chi connectivity index (χ1) is 7.72. The number of rotatable bonds is 2. The van der Waals surface area contributed by atoms with E-state index in [0.717, 1.165) is 25.9 Å². The molecule has 1 unspecified atom stereocenters. The molecule has 0 aromatic carbocycles. The minimum atomic E-state index is 0.0378. The number of aromatic nitrogens is 1. The zero-order chi connectivity index (χ0) is 11.5. The number of amides is 1. The molecule has 1 aliphatic heterocycles. The van der Waals surface area contributed by atoms with Crippen LogP contribution < -0.4 is 5.73 Å². The maximum absolute atomic E-state index is 12.1. The fourth-order valence-corrected chi connectivity index (χ4v) is 2.12. The second-order valence-corrected chi connectivity index (χ2v) is 4.28. The smallest absolute Gasteiger partial charge is 0.256 e. The lowest BCUT2D eigenvalue weighted by molar-refractivity contribution is 0.0788. The lowest BCUT2D eigenvalue weighted by Gasteiger charge is -2.17. The number of hydrogen-bond donors (Lipinski definition) is 1. The summed E-state index contributed by atoms with van der Waals surface area (Å²) in [5.74, 6) is 0.683. The third kappa shape index (κ3) is 2.01. The normalized spacial score (nSPS) is 20.1. The van der Waals surface area contributed by atoms with Gasteiger partial charge in [-0.1, -0.05) is 13.3 Å². The predicted molar refractivity (Wildman–Crippen MR) is 63.0 cm³/mol. The van der Waals surface area contributed by atoms with Gasteiger partial charge in [0.1, 0.15) is 0 Å². The first-order valence-corrected chi connectivity index (χ1v) is 5.71. The third-order valence-corrected chi connectivity index (χ3v) is 3.23. The summed E-state index contributed by atoms with van der Waals surface area (Å²) in [5, 5.41) is 0. The highest BCUT2D eigenvalue weighted by atomic mass is 16.2. The Morgan fingerprint density at radius 1 is 1.69 bits per heavy atom. The fraction of sp³-hybridized carbons (Fsp3) is 0.500. The molecule has 0 radical (unpaired) electrons. The minimum absolute atomic E-state index is 0.0378. The van der Waals surface area contributed by atoms with Crippen molar-refractivity contribution in [3.63, 3.8) is 0 Å². The number of anilines is 1. The van der Waals surface area contributed by atoms with Crippen molar-refractivity contribution in [2.45, 2.75) is 19.8 Å². The molecule has 1 saturated heterocycles. The van der Waals surface area contributed by atoms with Crippen LogP contribution in [0.3, 0.4) is 0 Å². The monoisotopic (exact) mass is 219 g/mol. The Kier molecular flexibility index (Phi) is 3.08. The Balaban J connectivity index is 2.12. The largest absolute Gasteiger partial charge is 0.397 e. The van der Waals surface area contributed by atoms with Crippen LogP contribution in [0.4, 0.5) is 5.69 Å². The van der Waals surface area contributed by atoms with Crippen LogP contribution in [0.15, 0.2) is 18.5 Å². The molecule has 0 saturated carbocycles. The molecule has 4 nitrogen and oxygen atoms in total. The number of pyridine rings is 1. The summed E-state index contributed by atoms with van der Waals surface area (Å²) in [6.07, 6.45) is 5.38. The van der Waals surface area contributed by atoms with Gasteiger partial charge in [0.2, 0.25) is 0 Å². The molecule has 0 spiro atoms. The average molecular weight is 219 g/mol. The van der Waals surface area contributed by atoms with E-state index in [2.05, 4.69) is 11.9 Å². The lowest BCUT2D eigenvalue weighted by Crippen LogP contribution is -2.29. The van der Waals surface area contributed by atoms with Gasteiger partial charge in [-0.2, -0.15) is 0 Å². The van der Waals surface area contributed by atoms with Crippen LogP contribution in [-0.4, -0.2) is 28.9 Å². The van der Waals surface area contributed by atoms with Crippen molar-refractivity contribution in [1.29, 1.82) is 0 Å². The van der Waals surface area contributed by atoms with Gasteiger partial charge in [0.05, 0.1) is 17.4 Å². The molecule has 1 aromatic heterocycles. The van der Waals surface area contributed by atoms with E-state index in [4.69, 9.17) is 5.73 Å². The van der Waals surface area contributed by atoms with E-state index in [1.165, 1.54) is 6.20 Å². The van der Waals surface area contributed by atoms with Crippen molar-refractivity contribution in [2.24, 2.45) is 5.92 Å². The molecule has 86 valence electrons. The van der Waals surface area contributed by atoms with E-state index in [1.807, 2.05) is 4.90 Å². The SMILES string of the molecule is CCC1CCN(C(=O)c2ccncc2N)C1. The van der Waals surface area contributed by atoms with E-state index in [9.17, 15) is 4.79 Å². The topological polar surface area (TPSA) is 59.2 Å². The van der Waals surface area contributed by atoms with Gasteiger partial charge in [0, 0.05) is 19.3 Å². The summed E-state index contributed by atoms with van der Waals surface area (Å²) in [5.41, 5.74) is 6.79. The van der Waals surface area contributed by atoms with Gasteiger partial charge in [0.25, 0.3) is 5.91 Å². The molecule has 2 heterocycles. The maximum atomic E-state index is 12.1. The van der Waals surface area contributed by atoms with Crippen molar-refractivity contribution >= 4 is 11.6 Å². The van der Waals surface area contributed by atoms with Crippen LogP contribution in [0.25, 0.3) is 0 Å². The molecule has 2 N–H and O–H groups in total. The number of likely N-dealkylation sites (tertiary alicyclic amines) is 1. The maximum Gasteiger partial charge on any atom is 0.256 e. The van der Waals surface area contributed by atoms with E-state index in [0.29, 0.717) is 17.2 Å². The van der Waals surface area contributed by atoms with Crippen molar-refractivity contribution in [1.82, 2.24) is 9.88 Å². The van der Waals surface area contributed by atoms with E-state index >= 15 is 0 Å². The van der Waals surface area contributed by atoms with Crippen LogP contribution in [-0.2, 0) is 0 Å². The molecule has 1 fully saturated rings. The highest BCUT2D eigenvalue weighted by Gasteiger charge is 2.26. The van der Waals surface area contributed by atoms with E-state index in [1.54, 1.807) is 12.3 Å². The van der Waals surface area contributed by atoms with Crippen LogP contribution in [0.2, 0.25) is 0 Å². The molecular weight excluding hydrogens is 202 g/mol. The van der Waals surface area contributed by atoms with Crippen molar-refractivity contribution < 1.29 is 4.79 Å². The minimum Gasteiger partial charge on any atom is -0.397 e. The Labute approximate surface area is 95.5 Å². The summed E-state index contributed by atoms with van der Waals surface area (Å²) < 4.78 is 0. The Bertz CT molecular complexity index is 392. The molecular formula is C12H17N3O. The molecule has 1 amide bonds. The zero-order valence-electron chi connectivity index (χ0n) is 9.52. The average Bonchev–Trinajstić information content (AvgIpc) is 2.77. The molecule has 4 heteroatoms. The first-order valence-electron chi connectivity index (χ1n) is 5.71. The van der Waals surface area contributed by atoms with Crippen LogP contribution in [0.1, 0.15) is 30.1 Å². The Hall–Kier alpha value is -1.58. The van der Waals surface area contributed by atoms with Gasteiger partial charge in [-0.05, 0) is 18.4 Å². The second kappa shape index (κ2) is 4.51. The third-order valence-electron chi connectivity index (χ3n) is 3.23. The summed E-state index contributed by atoms with van der Waals surface area (Å²) in [7, 11) is 0. The standard InChI is InChI=1S/C12H17N3O/c1-2-9-4-6-15(8-9)12(16)10-3-5-14-7-11(10)13/h3,5,7,9H,2,4,6,8,13H2,1H3. The lowest BCUT2D eigenvalue weighted by atomic mass is 10.1. The van der Waals surface area contributed by atoms with Crippen molar-refractivity contribution in [3.05, 3.63) is 24.0 Å². The quantitative estimate of drug-likeness (QED) is 0.820. The molecule has 1 aliphatic rings. The number of carbonyl (C=O) groups excluding carboxylic acids is 1. The summed E-state index contributed by atoms with van der Waals surface area (Å²) in [6, 6.07) is 1.69. The molecule has 1 aromatic rings. The van der Waals surface area contributed by atoms with Crippen molar-refractivity contribution in [3.8, 4) is 0 Å². The highest BCUT2D eigenvalue weighted by molar-refractivity contribution is 5.98. The first kappa shape index (κ1) is 10.9. The molecule has 16 heavy (non-hydrogen) atoms. The van der Waals surface area contributed by atoms with E-state index in [-0.39, 0.29) is 5.91 Å². The zero-order valence-corrected chi connectivity index (χ0v) is 9.52. The number of nitrogens with zero attached hydrogens (tertiary/aromatic N) is 2. The van der Waals surface area contributed by atoms with E-state index < -0.39 is 0 Å². The molecule has 1 atom stereocenters. The van der Waals surface area contributed by atoms with Gasteiger partial charge in [-0.3, -0.25) is 9.78 Å². The summed E-state index contributed by atoms with van der Waals surface area (Å²) >= 11 is 0. The van der Waals surface area contributed by atoms with Crippen LogP contribution in [0, 0.1) is 5.92 Å². The predicted octanol–water partition coefficient (Wildman–Crippen LogP) is 1.54. The van der Waals surface area contributed by atoms with Crippen LogP contribution in [0.5, 0.6) is 0 Å². The molecule has 0 bridgehead atoms. The van der Waals surface area contributed by atoms with Crippen molar-refractivity contribution in [2.75, 3.05) is 18.8 Å². The number of hydrogen-bond acceptors (Lipinski definition) is 3. The Morgan fingerprint density at radius 2 is 2.50 bits per heavy atom. The number of nitrogens with two attached hydrogens (primary N) is 1. The highest BCUT2D eigenvalue weighted by Crippen LogP contribution is 2.22. The van der Waals surface area contributed by atoms with Gasteiger partial charge >= 0.3 is 0 Å². The molecule has 0 aliphatic carbocycles. The Morgan fingerprint density at radius 3 is 3.12 bits per heavy atom. The van der Waals surface area contributed by atoms with Gasteiger partial charge < -0.3 is 10.6 Å². The van der Waals surface area contributed by atoms with Gasteiger partial charge in [-0.25, -0.2) is 0 Å². The molecule has 2 rings (SSSR count). The summed E-state index contributed by atoms with van der Waals surface area (Å²) in [6.45, 7) is 3.87. The van der Waals surface area contributed by atoms with Gasteiger partial charge in [0.15, 0.2) is 0 Å². The number of carbonyl (C=O) groups is 1.